The van der Waals surface area contributed by atoms with Crippen LogP contribution < -0.4 is 9.47 Å². The van der Waals surface area contributed by atoms with Crippen LogP contribution in [0, 0.1) is 0 Å². The molecule has 0 atom stereocenters. The molecule has 36 heavy (non-hydrogen) atoms. The number of ether oxygens (including phenoxy) is 2. The number of halogens is 2. The normalized spacial score (nSPS) is 14.4. The van der Waals surface area contributed by atoms with Gasteiger partial charge in [0.25, 0.3) is 5.91 Å². The monoisotopic (exact) mass is 559 g/mol. The summed E-state index contributed by atoms with van der Waals surface area (Å²) in [5, 5.41) is 10.3. The van der Waals surface area contributed by atoms with Crippen molar-refractivity contribution in [3.63, 3.8) is 0 Å². The summed E-state index contributed by atoms with van der Waals surface area (Å²) >= 11 is 18.7. The number of nitrogens with zero attached hydrogens (tertiary/aromatic N) is 1. The molecule has 4 rings (SSSR count). The molecule has 1 amide bonds. The van der Waals surface area contributed by atoms with Gasteiger partial charge in [-0.05, 0) is 36.4 Å². The molecule has 1 aliphatic heterocycles. The summed E-state index contributed by atoms with van der Waals surface area (Å²) in [6.45, 7) is -0.0428. The highest BCUT2D eigenvalue weighted by Crippen LogP contribution is 2.36. The fraction of sp³-hybridized carbons (Fsp3) is 0.115. The van der Waals surface area contributed by atoms with Crippen LogP contribution in [0.5, 0.6) is 11.5 Å². The van der Waals surface area contributed by atoms with Gasteiger partial charge in [-0.2, -0.15) is 0 Å². The number of thioether (sulfide) groups is 1. The van der Waals surface area contributed by atoms with E-state index in [2.05, 4.69) is 0 Å². The summed E-state index contributed by atoms with van der Waals surface area (Å²) in [4.78, 5) is 25.3. The van der Waals surface area contributed by atoms with Gasteiger partial charge in [-0.25, -0.2) is 0 Å². The van der Waals surface area contributed by atoms with Gasteiger partial charge in [0.2, 0.25) is 0 Å². The van der Waals surface area contributed by atoms with Crippen LogP contribution >= 0.6 is 47.2 Å². The number of carbonyl (C=O) groups excluding carboxylic acids is 1. The second-order valence-electron chi connectivity index (χ2n) is 7.62. The molecular weight excluding hydrogens is 541 g/mol. The van der Waals surface area contributed by atoms with Crippen molar-refractivity contribution >= 4 is 69.5 Å². The Bertz CT molecular complexity index is 1360. The van der Waals surface area contributed by atoms with Gasteiger partial charge in [0.15, 0.2) is 0 Å². The molecule has 0 spiro atoms. The lowest BCUT2D eigenvalue weighted by molar-refractivity contribution is -0.140. The van der Waals surface area contributed by atoms with E-state index >= 15 is 0 Å². The molecule has 10 heteroatoms. The average Bonchev–Trinajstić information content (AvgIpc) is 3.11. The van der Waals surface area contributed by atoms with E-state index in [4.69, 9.17) is 50.0 Å². The second kappa shape index (κ2) is 11.8. The van der Waals surface area contributed by atoms with Crippen molar-refractivity contribution in [2.45, 2.75) is 13.2 Å². The molecule has 6 nitrogen and oxygen atoms in total. The Balaban J connectivity index is 1.62. The van der Waals surface area contributed by atoms with E-state index in [9.17, 15) is 9.59 Å². The number of carboxylic acid groups (broad SMARTS) is 1. The number of carbonyl (C=O) groups is 2. The van der Waals surface area contributed by atoms with Crippen molar-refractivity contribution in [2.24, 2.45) is 0 Å². The number of hydrogen-bond acceptors (Lipinski definition) is 6. The SMILES string of the molecule is O=C(O)CN1C(=O)C(=Cc2cc(OCc3ccccc3Cl)ccc2OCc2ccccc2Cl)SC1=S. The Kier molecular flexibility index (Phi) is 8.53. The smallest absolute Gasteiger partial charge is 0.323 e. The van der Waals surface area contributed by atoms with Crippen LogP contribution in [0.15, 0.2) is 71.6 Å². The lowest BCUT2D eigenvalue weighted by Gasteiger charge is -2.14. The van der Waals surface area contributed by atoms with E-state index in [0.717, 1.165) is 27.8 Å². The van der Waals surface area contributed by atoms with E-state index in [1.807, 2.05) is 36.4 Å². The molecule has 184 valence electrons. The minimum Gasteiger partial charge on any atom is -0.489 e. The predicted molar refractivity (Wildman–Crippen MR) is 146 cm³/mol. The van der Waals surface area contributed by atoms with Gasteiger partial charge >= 0.3 is 5.97 Å². The first-order chi connectivity index (χ1) is 17.3. The van der Waals surface area contributed by atoms with Gasteiger partial charge in [0, 0.05) is 26.7 Å². The third-order valence-electron chi connectivity index (χ3n) is 5.13. The number of carboxylic acids is 1. The van der Waals surface area contributed by atoms with Crippen molar-refractivity contribution in [3.05, 3.63) is 98.4 Å². The van der Waals surface area contributed by atoms with E-state index in [1.165, 1.54) is 0 Å². The average molecular weight is 560 g/mol. The van der Waals surface area contributed by atoms with E-state index in [1.54, 1.807) is 36.4 Å². The van der Waals surface area contributed by atoms with Gasteiger partial charge in [-0.1, -0.05) is 83.6 Å². The molecule has 1 saturated heterocycles. The molecule has 1 aliphatic rings. The highest BCUT2D eigenvalue weighted by Gasteiger charge is 2.33. The quantitative estimate of drug-likeness (QED) is 0.239. The van der Waals surface area contributed by atoms with Crippen molar-refractivity contribution in [1.29, 1.82) is 0 Å². The summed E-state index contributed by atoms with van der Waals surface area (Å²) in [5.74, 6) is -0.603. The van der Waals surface area contributed by atoms with Crippen LogP contribution in [-0.4, -0.2) is 32.7 Å². The molecule has 0 saturated carbocycles. The third kappa shape index (κ3) is 6.39. The molecule has 1 N–H and O–H groups in total. The number of rotatable bonds is 9. The Labute approximate surface area is 227 Å². The number of benzene rings is 3. The second-order valence-corrected chi connectivity index (χ2v) is 10.1. The van der Waals surface area contributed by atoms with E-state index in [-0.39, 0.29) is 22.4 Å². The van der Waals surface area contributed by atoms with Crippen LogP contribution in [-0.2, 0) is 22.8 Å². The third-order valence-corrected chi connectivity index (χ3v) is 7.24. The molecule has 0 bridgehead atoms. The first-order valence-electron chi connectivity index (χ1n) is 10.7. The fourth-order valence-corrected chi connectivity index (χ4v) is 4.95. The maximum atomic E-state index is 12.8. The number of thiocarbonyl (C=S) groups is 1. The summed E-state index contributed by atoms with van der Waals surface area (Å²) in [6.07, 6.45) is 1.62. The zero-order valence-electron chi connectivity index (χ0n) is 18.6. The largest absolute Gasteiger partial charge is 0.489 e. The molecule has 1 heterocycles. The molecule has 3 aromatic carbocycles. The zero-order valence-corrected chi connectivity index (χ0v) is 21.8. The predicted octanol–water partition coefficient (Wildman–Crippen LogP) is 6.44. The number of aliphatic carboxylic acids is 1. The lowest BCUT2D eigenvalue weighted by Crippen LogP contribution is -2.33. The Morgan fingerprint density at radius 2 is 1.58 bits per heavy atom. The van der Waals surface area contributed by atoms with Crippen LogP contribution in [0.4, 0.5) is 0 Å². The van der Waals surface area contributed by atoms with Crippen molar-refractivity contribution in [2.75, 3.05) is 6.54 Å². The minimum atomic E-state index is -1.15. The number of amides is 1. The van der Waals surface area contributed by atoms with Gasteiger partial charge in [0.05, 0.1) is 4.91 Å². The highest BCUT2D eigenvalue weighted by molar-refractivity contribution is 8.26. The van der Waals surface area contributed by atoms with Crippen molar-refractivity contribution in [3.8, 4) is 11.5 Å². The Hall–Kier alpha value is -3.04. The van der Waals surface area contributed by atoms with Gasteiger partial charge in [0.1, 0.15) is 35.6 Å². The Morgan fingerprint density at radius 1 is 0.972 bits per heavy atom. The van der Waals surface area contributed by atoms with Gasteiger partial charge in [-0.15, -0.1) is 0 Å². The fourth-order valence-electron chi connectivity index (χ4n) is 3.32. The topological polar surface area (TPSA) is 76.1 Å². The summed E-state index contributed by atoms with van der Waals surface area (Å²) in [6, 6.07) is 20.0. The molecule has 0 radical (unpaired) electrons. The van der Waals surface area contributed by atoms with E-state index < -0.39 is 18.4 Å². The van der Waals surface area contributed by atoms with Gasteiger partial charge < -0.3 is 14.6 Å². The zero-order chi connectivity index (χ0) is 25.7. The van der Waals surface area contributed by atoms with Crippen molar-refractivity contribution < 1.29 is 24.2 Å². The van der Waals surface area contributed by atoms with E-state index in [0.29, 0.717) is 27.1 Å². The van der Waals surface area contributed by atoms with Gasteiger partial charge in [-0.3, -0.25) is 14.5 Å². The number of hydrogen-bond donors (Lipinski definition) is 1. The first kappa shape index (κ1) is 26.0. The highest BCUT2D eigenvalue weighted by atomic mass is 35.5. The van der Waals surface area contributed by atoms with Crippen LogP contribution in [0.3, 0.4) is 0 Å². The standard InChI is InChI=1S/C26H19Cl2NO5S2/c27-20-7-3-1-5-16(20)14-33-19-9-10-22(34-15-17-6-2-4-8-21(17)28)18(11-19)12-23-25(32)29(13-24(30)31)26(35)36-23/h1-12H,13-15H2,(H,30,31). The molecular formula is C26H19Cl2NO5S2. The summed E-state index contributed by atoms with van der Waals surface area (Å²) in [7, 11) is 0. The lowest BCUT2D eigenvalue weighted by atomic mass is 10.1. The maximum absolute atomic E-state index is 12.8. The Morgan fingerprint density at radius 3 is 2.19 bits per heavy atom. The van der Waals surface area contributed by atoms with Crippen LogP contribution in [0.1, 0.15) is 16.7 Å². The molecule has 0 aromatic heterocycles. The first-order valence-corrected chi connectivity index (χ1v) is 12.6. The van der Waals surface area contributed by atoms with Crippen LogP contribution in [0.25, 0.3) is 6.08 Å². The molecule has 0 unspecified atom stereocenters. The maximum Gasteiger partial charge on any atom is 0.323 e. The summed E-state index contributed by atoms with van der Waals surface area (Å²) in [5.41, 5.74) is 2.20. The summed E-state index contributed by atoms with van der Waals surface area (Å²) < 4.78 is 12.2. The minimum absolute atomic E-state index is 0.179. The van der Waals surface area contributed by atoms with Crippen LogP contribution in [0.2, 0.25) is 10.0 Å². The molecule has 0 aliphatic carbocycles. The molecule has 3 aromatic rings. The van der Waals surface area contributed by atoms with Crippen molar-refractivity contribution in [1.82, 2.24) is 4.90 Å². The molecule has 1 fully saturated rings.